The molecular formula is C63H100O6. The van der Waals surface area contributed by atoms with Gasteiger partial charge in [0.1, 0.15) is 13.2 Å². The standard InChI is InChI=1S/C63H100O6/c1-4-7-10-13-16-19-22-25-28-31-34-37-40-43-46-49-52-55-61(64)67-58-60(69-63(66)57-54-51-48-45-42-39-36-33-30-27-24-21-18-15-12-9-6-3)59-68-62(65)56-53-50-47-44-41-38-35-32-29-26-23-20-17-14-11-8-5-2/h7,9-10,12,16-21,25-30,34-39,60H,4-6,8,11,13-15,22-24,31-33,40-59H2,1-3H3/b10-7-,12-9-,19-16-,20-17-,21-18-,28-25-,29-26-,30-27-,37-34-,38-35-,39-36-/t60-/m1/s1. The van der Waals surface area contributed by atoms with Crippen LogP contribution in [0.1, 0.15) is 226 Å². The van der Waals surface area contributed by atoms with Gasteiger partial charge in [0.05, 0.1) is 0 Å². The summed E-state index contributed by atoms with van der Waals surface area (Å²) in [5, 5.41) is 0. The molecule has 388 valence electrons. The van der Waals surface area contributed by atoms with E-state index in [0.29, 0.717) is 12.8 Å². The van der Waals surface area contributed by atoms with Gasteiger partial charge in [0, 0.05) is 19.3 Å². The lowest BCUT2D eigenvalue weighted by molar-refractivity contribution is -0.167. The van der Waals surface area contributed by atoms with Crippen LogP contribution in [-0.2, 0) is 28.6 Å². The largest absolute Gasteiger partial charge is 0.462 e. The third kappa shape index (κ3) is 54.4. The van der Waals surface area contributed by atoms with Crippen LogP contribution in [0.15, 0.2) is 134 Å². The van der Waals surface area contributed by atoms with Crippen LogP contribution in [0.2, 0.25) is 0 Å². The van der Waals surface area contributed by atoms with E-state index in [4.69, 9.17) is 14.2 Å². The van der Waals surface area contributed by atoms with Gasteiger partial charge in [-0.25, -0.2) is 0 Å². The summed E-state index contributed by atoms with van der Waals surface area (Å²) < 4.78 is 16.8. The monoisotopic (exact) mass is 953 g/mol. The summed E-state index contributed by atoms with van der Waals surface area (Å²) in [6.45, 7) is 6.31. The Balaban J connectivity index is 4.55. The first-order valence-corrected chi connectivity index (χ1v) is 27.7. The Labute approximate surface area is 424 Å². The Bertz CT molecular complexity index is 1510. The van der Waals surface area contributed by atoms with Crippen LogP contribution >= 0.6 is 0 Å². The minimum atomic E-state index is -0.816. The van der Waals surface area contributed by atoms with E-state index >= 15 is 0 Å². The van der Waals surface area contributed by atoms with Gasteiger partial charge in [0.15, 0.2) is 6.10 Å². The summed E-state index contributed by atoms with van der Waals surface area (Å²) in [7, 11) is 0. The van der Waals surface area contributed by atoms with Crippen molar-refractivity contribution in [3.8, 4) is 0 Å². The molecule has 69 heavy (non-hydrogen) atoms. The van der Waals surface area contributed by atoms with Gasteiger partial charge in [-0.15, -0.1) is 0 Å². The molecule has 0 heterocycles. The molecular weight excluding hydrogens is 853 g/mol. The molecule has 0 aromatic heterocycles. The van der Waals surface area contributed by atoms with Crippen LogP contribution in [0.25, 0.3) is 0 Å². The van der Waals surface area contributed by atoms with Gasteiger partial charge < -0.3 is 14.2 Å². The molecule has 0 rings (SSSR count). The zero-order chi connectivity index (χ0) is 50.0. The van der Waals surface area contributed by atoms with Gasteiger partial charge in [-0.05, 0) is 135 Å². The number of carbonyl (C=O) groups is 3. The van der Waals surface area contributed by atoms with Crippen molar-refractivity contribution in [1.82, 2.24) is 0 Å². The number of unbranched alkanes of at least 4 members (excludes halogenated alkanes) is 15. The molecule has 0 aliphatic heterocycles. The third-order valence-corrected chi connectivity index (χ3v) is 11.1. The van der Waals surface area contributed by atoms with E-state index in [1.165, 1.54) is 25.7 Å². The fourth-order valence-electron chi connectivity index (χ4n) is 7.02. The fraction of sp³-hybridized carbons (Fsp3) is 0.603. The van der Waals surface area contributed by atoms with E-state index in [-0.39, 0.29) is 37.5 Å². The molecule has 0 unspecified atom stereocenters. The highest BCUT2D eigenvalue weighted by Crippen LogP contribution is 2.12. The normalized spacial score (nSPS) is 13.1. The topological polar surface area (TPSA) is 78.9 Å². The zero-order valence-electron chi connectivity index (χ0n) is 44.3. The van der Waals surface area contributed by atoms with Gasteiger partial charge in [-0.2, -0.15) is 0 Å². The quantitative estimate of drug-likeness (QED) is 0.0262. The maximum atomic E-state index is 12.8. The molecule has 0 spiro atoms. The van der Waals surface area contributed by atoms with Crippen LogP contribution in [0.3, 0.4) is 0 Å². The van der Waals surface area contributed by atoms with E-state index in [2.05, 4.69) is 154 Å². The minimum Gasteiger partial charge on any atom is -0.462 e. The second kappa shape index (κ2) is 56.1. The maximum absolute atomic E-state index is 12.8. The Hall–Kier alpha value is -4.45. The minimum absolute atomic E-state index is 0.113. The summed E-state index contributed by atoms with van der Waals surface area (Å²) in [4.78, 5) is 38.1. The van der Waals surface area contributed by atoms with Gasteiger partial charge in [0.2, 0.25) is 0 Å². The predicted octanol–water partition coefficient (Wildman–Crippen LogP) is 18.6. The second-order valence-corrected chi connectivity index (χ2v) is 17.7. The van der Waals surface area contributed by atoms with Gasteiger partial charge in [-0.3, -0.25) is 14.4 Å². The molecule has 0 radical (unpaired) electrons. The second-order valence-electron chi connectivity index (χ2n) is 17.7. The molecule has 0 aromatic rings. The molecule has 6 heteroatoms. The number of ether oxygens (including phenoxy) is 3. The highest BCUT2D eigenvalue weighted by Gasteiger charge is 2.19. The predicted molar refractivity (Wildman–Crippen MR) is 297 cm³/mol. The smallest absolute Gasteiger partial charge is 0.306 e. The maximum Gasteiger partial charge on any atom is 0.306 e. The van der Waals surface area contributed by atoms with Crippen molar-refractivity contribution in [3.63, 3.8) is 0 Å². The van der Waals surface area contributed by atoms with Crippen molar-refractivity contribution in [1.29, 1.82) is 0 Å². The van der Waals surface area contributed by atoms with Crippen LogP contribution in [0, 0.1) is 0 Å². The van der Waals surface area contributed by atoms with E-state index in [9.17, 15) is 14.4 Å². The van der Waals surface area contributed by atoms with E-state index in [1.807, 2.05) is 0 Å². The molecule has 0 fully saturated rings. The van der Waals surface area contributed by atoms with Crippen molar-refractivity contribution in [2.45, 2.75) is 232 Å². The number of allylic oxidation sites excluding steroid dienone is 22. The molecule has 0 aliphatic carbocycles. The number of rotatable bonds is 48. The molecule has 0 amide bonds. The first-order chi connectivity index (χ1) is 34.0. The highest BCUT2D eigenvalue weighted by molar-refractivity contribution is 5.71. The van der Waals surface area contributed by atoms with Crippen molar-refractivity contribution >= 4 is 17.9 Å². The lowest BCUT2D eigenvalue weighted by Gasteiger charge is -2.18. The summed E-state index contributed by atoms with van der Waals surface area (Å²) in [6, 6.07) is 0. The molecule has 0 N–H and O–H groups in total. The highest BCUT2D eigenvalue weighted by atomic mass is 16.6. The van der Waals surface area contributed by atoms with Crippen LogP contribution < -0.4 is 0 Å². The van der Waals surface area contributed by atoms with Crippen molar-refractivity contribution < 1.29 is 28.6 Å². The number of carbonyl (C=O) groups excluding carboxylic acids is 3. The molecule has 0 saturated heterocycles. The van der Waals surface area contributed by atoms with Gasteiger partial charge in [-0.1, -0.05) is 206 Å². The Morgan fingerprint density at radius 2 is 0.565 bits per heavy atom. The van der Waals surface area contributed by atoms with E-state index in [0.717, 1.165) is 161 Å². The Morgan fingerprint density at radius 1 is 0.304 bits per heavy atom. The van der Waals surface area contributed by atoms with Crippen LogP contribution in [0.4, 0.5) is 0 Å². The summed E-state index contributed by atoms with van der Waals surface area (Å²) >= 11 is 0. The molecule has 0 saturated carbocycles. The number of esters is 3. The average molecular weight is 953 g/mol. The third-order valence-electron chi connectivity index (χ3n) is 11.1. The lowest BCUT2D eigenvalue weighted by Crippen LogP contribution is -2.30. The van der Waals surface area contributed by atoms with Crippen LogP contribution in [-0.4, -0.2) is 37.2 Å². The van der Waals surface area contributed by atoms with E-state index < -0.39 is 6.10 Å². The molecule has 0 aromatic carbocycles. The molecule has 6 nitrogen and oxygen atoms in total. The summed E-state index contributed by atoms with van der Waals surface area (Å²) in [6.07, 6.45) is 78.6. The first kappa shape index (κ1) is 64.5. The Morgan fingerprint density at radius 3 is 0.870 bits per heavy atom. The molecule has 0 bridgehead atoms. The van der Waals surface area contributed by atoms with Crippen molar-refractivity contribution in [2.75, 3.05) is 13.2 Å². The lowest BCUT2D eigenvalue weighted by atomic mass is 10.1. The molecule has 0 aliphatic rings. The average Bonchev–Trinajstić information content (AvgIpc) is 3.35. The Kier molecular flexibility index (Phi) is 52.5. The van der Waals surface area contributed by atoms with Gasteiger partial charge >= 0.3 is 17.9 Å². The van der Waals surface area contributed by atoms with Crippen LogP contribution in [0.5, 0.6) is 0 Å². The fourth-order valence-corrected chi connectivity index (χ4v) is 7.02. The van der Waals surface area contributed by atoms with Gasteiger partial charge in [0.25, 0.3) is 0 Å². The SMILES string of the molecule is CC/C=C\C/C=C\C/C=C\C/C=C\CCCCCCC(=O)OC[C@H](COC(=O)CCCCCC/C=C\C/C=C\C/C=C\CCCCC)OC(=O)CCCCCC/C=C\C/C=C\C/C=C\C/C=C\CC. The van der Waals surface area contributed by atoms with Crippen molar-refractivity contribution in [3.05, 3.63) is 134 Å². The summed E-state index contributed by atoms with van der Waals surface area (Å²) in [5.41, 5.74) is 0. The van der Waals surface area contributed by atoms with E-state index in [1.54, 1.807) is 0 Å². The first-order valence-electron chi connectivity index (χ1n) is 27.7. The number of hydrogen-bond donors (Lipinski definition) is 0. The zero-order valence-corrected chi connectivity index (χ0v) is 44.3. The summed E-state index contributed by atoms with van der Waals surface area (Å²) in [5.74, 6) is -0.986. The number of hydrogen-bond acceptors (Lipinski definition) is 6. The molecule has 1 atom stereocenters. The van der Waals surface area contributed by atoms with Crippen molar-refractivity contribution in [2.24, 2.45) is 0 Å².